The van der Waals surface area contributed by atoms with Gasteiger partial charge in [0.05, 0.1) is 0 Å². The zero-order chi connectivity index (χ0) is 12.4. The van der Waals surface area contributed by atoms with E-state index < -0.39 is 17.6 Å². The molecule has 1 N–H and O–H groups in total. The monoisotopic (exact) mass is 234 g/mol. The molecule has 1 atom stereocenters. The van der Waals surface area contributed by atoms with Crippen LogP contribution in [-0.4, -0.2) is 20.8 Å². The molecule has 1 unspecified atom stereocenters. The first-order valence-corrected chi connectivity index (χ1v) is 4.91. The molecule has 0 aliphatic rings. The van der Waals surface area contributed by atoms with E-state index in [9.17, 15) is 14.7 Å². The summed E-state index contributed by atoms with van der Waals surface area (Å²) in [6.45, 7) is 0. The molecular weight excluding hydrogens is 224 g/mol. The molecule has 0 fully saturated rings. The van der Waals surface area contributed by atoms with E-state index in [1.54, 1.807) is 30.3 Å². The van der Waals surface area contributed by atoms with Gasteiger partial charge in [-0.25, -0.2) is 4.79 Å². The molecule has 6 nitrogen and oxygen atoms in total. The van der Waals surface area contributed by atoms with Crippen LogP contribution >= 0.6 is 0 Å². The third kappa shape index (κ3) is 1.96. The van der Waals surface area contributed by atoms with Gasteiger partial charge in [0.1, 0.15) is 5.92 Å². The van der Waals surface area contributed by atoms with E-state index in [1.807, 2.05) is 0 Å². The fraction of sp³-hybridized carbons (Fsp3) is 0.182. The normalized spacial score (nSPS) is 12.3. The first kappa shape index (κ1) is 11.1. The topological polar surface area (TPSA) is 85.3 Å². The van der Waals surface area contributed by atoms with E-state index in [4.69, 9.17) is 0 Å². The van der Waals surface area contributed by atoms with E-state index in [2.05, 4.69) is 9.68 Å². The highest BCUT2D eigenvalue weighted by atomic mass is 16.5. The van der Waals surface area contributed by atoms with Gasteiger partial charge < -0.3 is 5.11 Å². The SMILES string of the molecule is Cn1c(C(C(=O)O)c2ccccc2)noc1=O. The summed E-state index contributed by atoms with van der Waals surface area (Å²) in [6.07, 6.45) is 0. The predicted molar refractivity (Wildman–Crippen MR) is 57.7 cm³/mol. The van der Waals surface area contributed by atoms with Crippen LogP contribution in [0.3, 0.4) is 0 Å². The zero-order valence-electron chi connectivity index (χ0n) is 9.03. The summed E-state index contributed by atoms with van der Waals surface area (Å²) < 4.78 is 5.53. The van der Waals surface area contributed by atoms with Crippen LogP contribution in [0.25, 0.3) is 0 Å². The molecule has 0 radical (unpaired) electrons. The number of hydrogen-bond acceptors (Lipinski definition) is 4. The van der Waals surface area contributed by atoms with Crippen LogP contribution in [0.15, 0.2) is 39.6 Å². The second kappa shape index (κ2) is 4.25. The number of rotatable bonds is 3. The molecule has 2 aromatic rings. The lowest BCUT2D eigenvalue weighted by atomic mass is 9.98. The lowest BCUT2D eigenvalue weighted by Gasteiger charge is -2.10. The van der Waals surface area contributed by atoms with Gasteiger partial charge >= 0.3 is 11.7 Å². The van der Waals surface area contributed by atoms with Crippen molar-refractivity contribution in [3.63, 3.8) is 0 Å². The molecule has 88 valence electrons. The Balaban J connectivity index is 2.55. The van der Waals surface area contributed by atoms with Gasteiger partial charge in [0.25, 0.3) is 0 Å². The third-order valence-corrected chi connectivity index (χ3v) is 2.47. The molecule has 0 bridgehead atoms. The van der Waals surface area contributed by atoms with Gasteiger partial charge in [0.2, 0.25) is 0 Å². The van der Waals surface area contributed by atoms with Crippen molar-refractivity contribution in [3.8, 4) is 0 Å². The molecule has 6 heteroatoms. The molecule has 0 spiro atoms. The van der Waals surface area contributed by atoms with Crippen molar-refractivity contribution in [2.24, 2.45) is 7.05 Å². The molecule has 1 aromatic heterocycles. The summed E-state index contributed by atoms with van der Waals surface area (Å²) in [5.74, 6) is -2.69. The van der Waals surface area contributed by atoms with Gasteiger partial charge in [0, 0.05) is 7.05 Å². The first-order valence-electron chi connectivity index (χ1n) is 4.91. The van der Waals surface area contributed by atoms with Gasteiger partial charge in [-0.1, -0.05) is 35.5 Å². The first-order chi connectivity index (χ1) is 8.11. The summed E-state index contributed by atoms with van der Waals surface area (Å²) in [5, 5.41) is 12.7. The molecule has 0 amide bonds. The second-order valence-electron chi connectivity index (χ2n) is 3.55. The number of benzene rings is 1. The van der Waals surface area contributed by atoms with Crippen LogP contribution in [0.5, 0.6) is 0 Å². The Kier molecular flexibility index (Phi) is 2.78. The largest absolute Gasteiger partial charge is 0.480 e. The summed E-state index contributed by atoms with van der Waals surface area (Å²) in [5.41, 5.74) is 0.545. The minimum atomic E-state index is -1.08. The van der Waals surface area contributed by atoms with Crippen molar-refractivity contribution in [3.05, 3.63) is 52.3 Å². The van der Waals surface area contributed by atoms with Crippen molar-refractivity contribution < 1.29 is 14.4 Å². The highest BCUT2D eigenvalue weighted by Crippen LogP contribution is 2.21. The van der Waals surface area contributed by atoms with E-state index >= 15 is 0 Å². The molecule has 0 saturated carbocycles. The molecule has 2 rings (SSSR count). The lowest BCUT2D eigenvalue weighted by molar-refractivity contribution is -0.138. The Labute approximate surface area is 96.1 Å². The number of aliphatic carboxylic acids is 1. The summed E-state index contributed by atoms with van der Waals surface area (Å²) >= 11 is 0. The fourth-order valence-electron chi connectivity index (χ4n) is 1.60. The van der Waals surface area contributed by atoms with Crippen molar-refractivity contribution in [1.82, 2.24) is 9.72 Å². The molecular formula is C11H10N2O4. The van der Waals surface area contributed by atoms with Crippen molar-refractivity contribution in [2.75, 3.05) is 0 Å². The van der Waals surface area contributed by atoms with Gasteiger partial charge in [-0.3, -0.25) is 13.9 Å². The maximum Gasteiger partial charge on any atom is 0.441 e. The smallest absolute Gasteiger partial charge is 0.441 e. The Hall–Kier alpha value is -2.37. The quantitative estimate of drug-likeness (QED) is 0.840. The van der Waals surface area contributed by atoms with E-state index in [0.29, 0.717) is 5.56 Å². The van der Waals surface area contributed by atoms with E-state index in [1.165, 1.54) is 7.05 Å². The van der Waals surface area contributed by atoms with Gasteiger partial charge in [-0.2, -0.15) is 0 Å². The fourth-order valence-corrected chi connectivity index (χ4v) is 1.60. The Morgan fingerprint density at radius 3 is 2.53 bits per heavy atom. The zero-order valence-corrected chi connectivity index (χ0v) is 9.03. The molecule has 1 aromatic carbocycles. The summed E-state index contributed by atoms with van der Waals surface area (Å²) in [7, 11) is 1.42. The molecule has 0 aliphatic carbocycles. The van der Waals surface area contributed by atoms with Gasteiger partial charge in [-0.05, 0) is 5.56 Å². The van der Waals surface area contributed by atoms with Crippen LogP contribution < -0.4 is 5.76 Å². The number of carbonyl (C=O) groups is 1. The minimum Gasteiger partial charge on any atom is -0.480 e. The molecule has 17 heavy (non-hydrogen) atoms. The van der Waals surface area contributed by atoms with E-state index in [-0.39, 0.29) is 5.82 Å². The van der Waals surface area contributed by atoms with Gasteiger partial charge in [-0.15, -0.1) is 0 Å². The summed E-state index contributed by atoms with van der Waals surface area (Å²) in [6, 6.07) is 8.56. The Morgan fingerprint density at radius 1 is 1.41 bits per heavy atom. The van der Waals surface area contributed by atoms with Crippen LogP contribution in [0.2, 0.25) is 0 Å². The van der Waals surface area contributed by atoms with Crippen molar-refractivity contribution >= 4 is 5.97 Å². The average Bonchev–Trinajstić information content (AvgIpc) is 2.63. The van der Waals surface area contributed by atoms with Crippen LogP contribution in [0.1, 0.15) is 17.3 Å². The summed E-state index contributed by atoms with van der Waals surface area (Å²) in [4.78, 5) is 22.4. The third-order valence-electron chi connectivity index (χ3n) is 2.47. The number of aromatic nitrogens is 2. The maximum absolute atomic E-state index is 11.3. The van der Waals surface area contributed by atoms with Crippen LogP contribution in [-0.2, 0) is 11.8 Å². The lowest BCUT2D eigenvalue weighted by Crippen LogP contribution is -2.21. The molecule has 0 aliphatic heterocycles. The van der Waals surface area contributed by atoms with Crippen LogP contribution in [0, 0.1) is 0 Å². The Bertz CT molecular complexity index is 585. The highest BCUT2D eigenvalue weighted by Gasteiger charge is 2.28. The standard InChI is InChI=1S/C11H10N2O4/c1-13-9(12-17-11(13)16)8(10(14)15)7-5-3-2-4-6-7/h2-6,8H,1H3,(H,14,15). The van der Waals surface area contributed by atoms with Gasteiger partial charge in [0.15, 0.2) is 5.82 Å². The maximum atomic E-state index is 11.3. The highest BCUT2D eigenvalue weighted by molar-refractivity contribution is 5.79. The minimum absolute atomic E-state index is 0.0775. The number of carboxylic acid groups (broad SMARTS) is 1. The predicted octanol–water partition coefficient (Wildman–Crippen LogP) is 0.590. The number of nitrogens with zero attached hydrogens (tertiary/aromatic N) is 2. The molecule has 1 heterocycles. The molecule has 0 saturated heterocycles. The average molecular weight is 234 g/mol. The van der Waals surface area contributed by atoms with E-state index in [0.717, 1.165) is 4.57 Å². The number of hydrogen-bond donors (Lipinski definition) is 1. The number of carboxylic acids is 1. The van der Waals surface area contributed by atoms with Crippen molar-refractivity contribution in [2.45, 2.75) is 5.92 Å². The van der Waals surface area contributed by atoms with Crippen LogP contribution in [0.4, 0.5) is 0 Å². The van der Waals surface area contributed by atoms with Crippen molar-refractivity contribution in [1.29, 1.82) is 0 Å². The Morgan fingerprint density at radius 2 is 2.06 bits per heavy atom. The second-order valence-corrected chi connectivity index (χ2v) is 3.55.